The second kappa shape index (κ2) is 6.68. The summed E-state index contributed by atoms with van der Waals surface area (Å²) in [6.07, 6.45) is 2.55. The zero-order valence-corrected chi connectivity index (χ0v) is 13.7. The number of nitrogens with one attached hydrogen (secondary N) is 1. The van der Waals surface area contributed by atoms with E-state index in [0.29, 0.717) is 12.3 Å². The van der Waals surface area contributed by atoms with E-state index in [0.717, 1.165) is 0 Å². The van der Waals surface area contributed by atoms with E-state index in [1.54, 1.807) is 29.2 Å². The topological polar surface area (TPSA) is 86.4 Å². The van der Waals surface area contributed by atoms with E-state index in [2.05, 4.69) is 10.4 Å². The summed E-state index contributed by atoms with van der Waals surface area (Å²) in [4.78, 5) is 23.9. The lowest BCUT2D eigenvalue weighted by atomic mass is 10.1. The maximum Gasteiger partial charge on any atom is 0.375 e. The van der Waals surface area contributed by atoms with Gasteiger partial charge in [0.05, 0.1) is 6.54 Å². The van der Waals surface area contributed by atoms with Crippen LogP contribution in [0.5, 0.6) is 0 Å². The summed E-state index contributed by atoms with van der Waals surface area (Å²) >= 11 is 0. The molecule has 0 saturated carbocycles. The van der Waals surface area contributed by atoms with Gasteiger partial charge in [0.25, 0.3) is 5.91 Å². The van der Waals surface area contributed by atoms with Crippen molar-refractivity contribution in [3.63, 3.8) is 0 Å². The molecule has 7 nitrogen and oxygen atoms in total. The second-order valence-electron chi connectivity index (χ2n) is 6.26. The highest BCUT2D eigenvalue weighted by Gasteiger charge is 2.24. The molecular weight excluding hydrogens is 298 g/mol. The van der Waals surface area contributed by atoms with Gasteiger partial charge >= 0.3 is 5.97 Å². The molecule has 0 bridgehead atoms. The van der Waals surface area contributed by atoms with Gasteiger partial charge in [-0.05, 0) is 45.9 Å². The van der Waals surface area contributed by atoms with Crippen LogP contribution in [0.1, 0.15) is 44.0 Å². The largest absolute Gasteiger partial charge is 0.452 e. The Morgan fingerprint density at radius 2 is 2.13 bits per heavy atom. The van der Waals surface area contributed by atoms with Crippen LogP contribution < -0.4 is 5.32 Å². The van der Waals surface area contributed by atoms with Crippen molar-refractivity contribution in [3.8, 4) is 0 Å². The zero-order chi connectivity index (χ0) is 17.0. The third kappa shape index (κ3) is 4.98. The number of hydrogen-bond acceptors (Lipinski definition) is 5. The van der Waals surface area contributed by atoms with Gasteiger partial charge in [-0.3, -0.25) is 9.48 Å². The first-order valence-corrected chi connectivity index (χ1v) is 7.34. The molecule has 0 aliphatic rings. The summed E-state index contributed by atoms with van der Waals surface area (Å²) in [5.41, 5.74) is -0.390. The van der Waals surface area contributed by atoms with Crippen molar-refractivity contribution in [3.05, 3.63) is 42.1 Å². The van der Waals surface area contributed by atoms with Gasteiger partial charge in [0.2, 0.25) is 5.76 Å². The number of aromatic nitrogens is 2. The van der Waals surface area contributed by atoms with Crippen molar-refractivity contribution < 1.29 is 18.7 Å². The summed E-state index contributed by atoms with van der Waals surface area (Å²) in [7, 11) is 0. The van der Waals surface area contributed by atoms with Gasteiger partial charge < -0.3 is 14.5 Å². The molecule has 0 radical (unpaired) electrons. The first-order chi connectivity index (χ1) is 10.7. The molecule has 7 heteroatoms. The molecule has 0 aliphatic carbocycles. The van der Waals surface area contributed by atoms with Crippen molar-refractivity contribution in [2.75, 3.05) is 0 Å². The first-order valence-electron chi connectivity index (χ1n) is 7.34. The van der Waals surface area contributed by atoms with Crippen molar-refractivity contribution >= 4 is 11.9 Å². The highest BCUT2D eigenvalue weighted by Crippen LogP contribution is 2.12. The number of esters is 1. The molecule has 1 unspecified atom stereocenters. The summed E-state index contributed by atoms with van der Waals surface area (Å²) in [5, 5.41) is 6.81. The molecule has 1 N–H and O–H groups in total. The molecule has 0 saturated heterocycles. The van der Waals surface area contributed by atoms with E-state index in [1.165, 1.54) is 13.0 Å². The Morgan fingerprint density at radius 1 is 1.39 bits per heavy atom. The fourth-order valence-electron chi connectivity index (χ4n) is 1.87. The monoisotopic (exact) mass is 319 g/mol. The predicted octanol–water partition coefficient (Wildman–Crippen LogP) is 1.98. The average molecular weight is 319 g/mol. The van der Waals surface area contributed by atoms with E-state index < -0.39 is 12.1 Å². The van der Waals surface area contributed by atoms with Crippen molar-refractivity contribution in [2.24, 2.45) is 0 Å². The lowest BCUT2D eigenvalue weighted by molar-refractivity contribution is -0.130. The first kappa shape index (κ1) is 16.8. The van der Waals surface area contributed by atoms with Gasteiger partial charge in [0.1, 0.15) is 5.76 Å². The van der Waals surface area contributed by atoms with Crippen LogP contribution in [-0.2, 0) is 16.1 Å². The van der Waals surface area contributed by atoms with Gasteiger partial charge in [-0.25, -0.2) is 4.79 Å². The minimum absolute atomic E-state index is 0.0579. The predicted molar refractivity (Wildman–Crippen MR) is 82.8 cm³/mol. The van der Waals surface area contributed by atoms with E-state index in [4.69, 9.17) is 9.15 Å². The number of carbonyl (C=O) groups excluding carboxylic acids is 2. The third-order valence-corrected chi connectivity index (χ3v) is 2.89. The molecule has 0 spiro atoms. The summed E-state index contributed by atoms with van der Waals surface area (Å²) in [6, 6.07) is 5.00. The quantitative estimate of drug-likeness (QED) is 0.852. The molecule has 0 aliphatic heterocycles. The van der Waals surface area contributed by atoms with Crippen molar-refractivity contribution in [1.82, 2.24) is 15.1 Å². The van der Waals surface area contributed by atoms with E-state index in [-0.39, 0.29) is 17.2 Å². The Morgan fingerprint density at radius 3 is 2.74 bits per heavy atom. The Hall–Kier alpha value is -2.57. The molecule has 0 aromatic carbocycles. The van der Waals surface area contributed by atoms with E-state index in [9.17, 15) is 9.59 Å². The Bertz CT molecular complexity index is 668. The van der Waals surface area contributed by atoms with Crippen LogP contribution in [0.2, 0.25) is 0 Å². The highest BCUT2D eigenvalue weighted by atomic mass is 16.6. The van der Waals surface area contributed by atoms with Gasteiger partial charge in [-0.2, -0.15) is 5.10 Å². The van der Waals surface area contributed by atoms with E-state index in [1.807, 2.05) is 20.8 Å². The molecule has 23 heavy (non-hydrogen) atoms. The van der Waals surface area contributed by atoms with Crippen LogP contribution in [0.25, 0.3) is 0 Å². The maximum atomic E-state index is 12.0. The maximum absolute atomic E-state index is 12.0. The second-order valence-corrected chi connectivity index (χ2v) is 6.26. The van der Waals surface area contributed by atoms with Crippen LogP contribution in [0.15, 0.2) is 35.0 Å². The molecule has 0 fully saturated rings. The molecular formula is C16H21N3O4. The number of rotatable bonds is 5. The number of furan rings is 1. The molecule has 2 rings (SSSR count). The van der Waals surface area contributed by atoms with Gasteiger partial charge in [0.15, 0.2) is 6.10 Å². The summed E-state index contributed by atoms with van der Waals surface area (Å²) in [6.45, 7) is 7.50. The molecule has 2 aromatic heterocycles. The Labute approximate surface area is 134 Å². The van der Waals surface area contributed by atoms with E-state index >= 15 is 0 Å². The van der Waals surface area contributed by atoms with Crippen LogP contribution in [0.4, 0.5) is 0 Å². The zero-order valence-electron chi connectivity index (χ0n) is 13.7. The molecule has 124 valence electrons. The normalized spacial score (nSPS) is 12.7. The SMILES string of the molecule is CC(OC(=O)c1ccc(Cn2cccn2)o1)C(=O)NC(C)(C)C. The molecule has 2 heterocycles. The lowest BCUT2D eigenvalue weighted by Crippen LogP contribution is -2.46. The van der Waals surface area contributed by atoms with Gasteiger partial charge in [0, 0.05) is 17.9 Å². The minimum Gasteiger partial charge on any atom is -0.452 e. The standard InChI is InChI=1S/C16H21N3O4/c1-11(14(20)18-16(2,3)4)22-15(21)13-7-6-12(23-13)10-19-9-5-8-17-19/h5-9,11H,10H2,1-4H3,(H,18,20). The lowest BCUT2D eigenvalue weighted by Gasteiger charge is -2.22. The number of amides is 1. The summed E-state index contributed by atoms with van der Waals surface area (Å²) < 4.78 is 12.2. The molecule has 1 amide bonds. The van der Waals surface area contributed by atoms with Crippen LogP contribution in [-0.4, -0.2) is 33.3 Å². The van der Waals surface area contributed by atoms with Gasteiger partial charge in [-0.1, -0.05) is 0 Å². The molecule has 2 aromatic rings. The Balaban J connectivity index is 1.93. The average Bonchev–Trinajstić information content (AvgIpc) is 3.08. The fraction of sp³-hybridized carbons (Fsp3) is 0.438. The Kier molecular flexibility index (Phi) is 4.88. The highest BCUT2D eigenvalue weighted by molar-refractivity contribution is 5.90. The number of carbonyl (C=O) groups is 2. The number of ether oxygens (including phenoxy) is 1. The fourth-order valence-corrected chi connectivity index (χ4v) is 1.87. The van der Waals surface area contributed by atoms with Crippen LogP contribution >= 0.6 is 0 Å². The number of hydrogen-bond donors (Lipinski definition) is 1. The molecule has 1 atom stereocenters. The van der Waals surface area contributed by atoms with Crippen LogP contribution in [0.3, 0.4) is 0 Å². The van der Waals surface area contributed by atoms with Crippen molar-refractivity contribution in [1.29, 1.82) is 0 Å². The minimum atomic E-state index is -0.901. The third-order valence-electron chi connectivity index (χ3n) is 2.89. The number of nitrogens with zero attached hydrogens (tertiary/aromatic N) is 2. The van der Waals surface area contributed by atoms with Crippen LogP contribution in [0, 0.1) is 0 Å². The van der Waals surface area contributed by atoms with Crippen molar-refractivity contribution in [2.45, 2.75) is 45.9 Å². The summed E-state index contributed by atoms with van der Waals surface area (Å²) in [5.74, 6) is -0.391. The smallest absolute Gasteiger partial charge is 0.375 e. The van der Waals surface area contributed by atoms with Gasteiger partial charge in [-0.15, -0.1) is 0 Å².